The lowest BCUT2D eigenvalue weighted by Gasteiger charge is -2.17. The molecule has 0 bridgehead atoms. The average molecular weight is 257 g/mol. The third-order valence-corrected chi connectivity index (χ3v) is 3.10. The zero-order chi connectivity index (χ0) is 13.0. The van der Waals surface area contributed by atoms with Crippen LogP contribution < -0.4 is 0 Å². The number of aryl methyl sites for hydroxylation is 1. The standard InChI is InChI=1S/C13H21ClN2O/c1-6-7-10(17-5)13-15-9(4)11(8(2)3)12(14)16-13/h8,10H,6-7H2,1-5H3. The van der Waals surface area contributed by atoms with E-state index < -0.39 is 0 Å². The lowest BCUT2D eigenvalue weighted by atomic mass is 10.0. The van der Waals surface area contributed by atoms with Crippen molar-refractivity contribution in [3.8, 4) is 0 Å². The molecular weight excluding hydrogens is 236 g/mol. The van der Waals surface area contributed by atoms with Crippen LogP contribution in [-0.2, 0) is 4.74 Å². The van der Waals surface area contributed by atoms with Crippen LogP contribution in [0.15, 0.2) is 0 Å². The van der Waals surface area contributed by atoms with Gasteiger partial charge in [0, 0.05) is 18.4 Å². The van der Waals surface area contributed by atoms with Gasteiger partial charge in [0.2, 0.25) is 0 Å². The van der Waals surface area contributed by atoms with Crippen molar-refractivity contribution in [1.29, 1.82) is 0 Å². The van der Waals surface area contributed by atoms with Crippen LogP contribution in [0.5, 0.6) is 0 Å². The number of ether oxygens (including phenoxy) is 1. The van der Waals surface area contributed by atoms with Crippen molar-refractivity contribution in [3.05, 3.63) is 22.2 Å². The fourth-order valence-corrected chi connectivity index (χ4v) is 2.42. The van der Waals surface area contributed by atoms with Crippen molar-refractivity contribution < 1.29 is 4.74 Å². The largest absolute Gasteiger partial charge is 0.373 e. The minimum absolute atomic E-state index is 0.0580. The normalized spacial score (nSPS) is 13.1. The van der Waals surface area contributed by atoms with E-state index in [1.807, 2.05) is 6.92 Å². The monoisotopic (exact) mass is 256 g/mol. The highest BCUT2D eigenvalue weighted by molar-refractivity contribution is 6.30. The summed E-state index contributed by atoms with van der Waals surface area (Å²) in [5, 5.41) is 0.556. The quantitative estimate of drug-likeness (QED) is 0.746. The van der Waals surface area contributed by atoms with Crippen molar-refractivity contribution in [2.75, 3.05) is 7.11 Å². The second kappa shape index (κ2) is 6.31. The summed E-state index contributed by atoms with van der Waals surface area (Å²) in [4.78, 5) is 8.90. The molecule has 0 amide bonds. The average Bonchev–Trinajstić information content (AvgIpc) is 2.24. The Morgan fingerprint density at radius 1 is 1.29 bits per heavy atom. The van der Waals surface area contributed by atoms with Crippen LogP contribution in [0.1, 0.15) is 62.7 Å². The Bertz CT molecular complexity index is 357. The third-order valence-electron chi connectivity index (χ3n) is 2.81. The minimum Gasteiger partial charge on any atom is -0.373 e. The molecule has 1 atom stereocenters. The zero-order valence-electron chi connectivity index (χ0n) is 11.2. The maximum absolute atomic E-state index is 6.22. The van der Waals surface area contributed by atoms with Crippen LogP contribution in [-0.4, -0.2) is 17.1 Å². The molecule has 3 nitrogen and oxygen atoms in total. The van der Waals surface area contributed by atoms with Gasteiger partial charge in [0.25, 0.3) is 0 Å². The van der Waals surface area contributed by atoms with E-state index in [0.29, 0.717) is 16.9 Å². The van der Waals surface area contributed by atoms with E-state index in [4.69, 9.17) is 16.3 Å². The number of methoxy groups -OCH3 is 1. The van der Waals surface area contributed by atoms with E-state index in [9.17, 15) is 0 Å². The summed E-state index contributed by atoms with van der Waals surface area (Å²) in [6.45, 7) is 8.28. The van der Waals surface area contributed by atoms with Gasteiger partial charge >= 0.3 is 0 Å². The van der Waals surface area contributed by atoms with Crippen molar-refractivity contribution in [2.24, 2.45) is 0 Å². The van der Waals surface area contributed by atoms with E-state index in [-0.39, 0.29) is 6.10 Å². The van der Waals surface area contributed by atoms with Gasteiger partial charge in [-0.2, -0.15) is 0 Å². The van der Waals surface area contributed by atoms with E-state index in [0.717, 1.165) is 24.1 Å². The van der Waals surface area contributed by atoms with Crippen LogP contribution in [0.2, 0.25) is 5.15 Å². The van der Waals surface area contributed by atoms with Gasteiger partial charge in [-0.25, -0.2) is 9.97 Å². The smallest absolute Gasteiger partial charge is 0.159 e. The SMILES string of the molecule is CCCC(OC)c1nc(C)c(C(C)C)c(Cl)n1. The molecule has 0 saturated carbocycles. The summed E-state index contributed by atoms with van der Waals surface area (Å²) in [6.07, 6.45) is 1.88. The molecule has 4 heteroatoms. The van der Waals surface area contributed by atoms with Gasteiger partial charge < -0.3 is 4.74 Å². The van der Waals surface area contributed by atoms with E-state index in [2.05, 4.69) is 30.7 Å². The van der Waals surface area contributed by atoms with Gasteiger partial charge in [0.15, 0.2) is 5.82 Å². The van der Waals surface area contributed by atoms with Crippen LogP contribution in [0.3, 0.4) is 0 Å². The van der Waals surface area contributed by atoms with Gasteiger partial charge in [-0.3, -0.25) is 0 Å². The van der Waals surface area contributed by atoms with Crippen molar-refractivity contribution in [2.45, 2.75) is 52.6 Å². The first-order valence-electron chi connectivity index (χ1n) is 6.07. The molecule has 0 aliphatic rings. The molecule has 0 N–H and O–H groups in total. The van der Waals surface area contributed by atoms with E-state index in [1.165, 1.54) is 0 Å². The lowest BCUT2D eigenvalue weighted by molar-refractivity contribution is 0.0874. The van der Waals surface area contributed by atoms with Crippen LogP contribution >= 0.6 is 11.6 Å². The second-order valence-electron chi connectivity index (χ2n) is 4.54. The molecule has 96 valence electrons. The fourth-order valence-electron chi connectivity index (χ4n) is 1.98. The first-order valence-corrected chi connectivity index (χ1v) is 6.45. The third kappa shape index (κ3) is 3.39. The molecule has 0 aromatic carbocycles. The summed E-state index contributed by atoms with van der Waals surface area (Å²) >= 11 is 6.22. The van der Waals surface area contributed by atoms with Gasteiger partial charge in [-0.1, -0.05) is 38.8 Å². The second-order valence-corrected chi connectivity index (χ2v) is 4.90. The molecule has 1 unspecified atom stereocenters. The number of nitrogens with zero attached hydrogens (tertiary/aromatic N) is 2. The molecule has 1 heterocycles. The van der Waals surface area contributed by atoms with E-state index >= 15 is 0 Å². The molecule has 1 aromatic heterocycles. The summed E-state index contributed by atoms with van der Waals surface area (Å²) < 4.78 is 5.40. The molecule has 0 radical (unpaired) electrons. The Morgan fingerprint density at radius 2 is 1.94 bits per heavy atom. The Labute approximate surface area is 109 Å². The highest BCUT2D eigenvalue weighted by Crippen LogP contribution is 2.28. The topological polar surface area (TPSA) is 35.0 Å². The fraction of sp³-hybridized carbons (Fsp3) is 0.692. The Kier molecular flexibility index (Phi) is 5.34. The number of halogens is 1. The highest BCUT2D eigenvalue weighted by Gasteiger charge is 2.18. The highest BCUT2D eigenvalue weighted by atomic mass is 35.5. The Morgan fingerprint density at radius 3 is 2.35 bits per heavy atom. The van der Waals surface area contributed by atoms with Crippen molar-refractivity contribution in [1.82, 2.24) is 9.97 Å². The minimum atomic E-state index is -0.0580. The summed E-state index contributed by atoms with van der Waals surface area (Å²) in [6, 6.07) is 0. The summed E-state index contributed by atoms with van der Waals surface area (Å²) in [7, 11) is 1.68. The Balaban J connectivity index is 3.12. The van der Waals surface area contributed by atoms with Crippen molar-refractivity contribution in [3.63, 3.8) is 0 Å². The zero-order valence-corrected chi connectivity index (χ0v) is 12.0. The number of aromatic nitrogens is 2. The number of hydrogen-bond donors (Lipinski definition) is 0. The van der Waals surface area contributed by atoms with Gasteiger partial charge in [-0.05, 0) is 19.3 Å². The Hall–Kier alpha value is -0.670. The molecule has 17 heavy (non-hydrogen) atoms. The van der Waals surface area contributed by atoms with Crippen molar-refractivity contribution >= 4 is 11.6 Å². The molecular formula is C13H21ClN2O. The maximum Gasteiger partial charge on any atom is 0.159 e. The lowest BCUT2D eigenvalue weighted by Crippen LogP contribution is -2.10. The van der Waals surface area contributed by atoms with E-state index in [1.54, 1.807) is 7.11 Å². The molecule has 1 rings (SSSR count). The van der Waals surface area contributed by atoms with Gasteiger partial charge in [-0.15, -0.1) is 0 Å². The number of hydrogen-bond acceptors (Lipinski definition) is 3. The van der Waals surface area contributed by atoms with Crippen LogP contribution in [0, 0.1) is 6.92 Å². The maximum atomic E-state index is 6.22. The van der Waals surface area contributed by atoms with Crippen LogP contribution in [0.25, 0.3) is 0 Å². The first kappa shape index (κ1) is 14.4. The first-order chi connectivity index (χ1) is 8.01. The number of rotatable bonds is 5. The molecule has 0 saturated heterocycles. The molecule has 0 fully saturated rings. The van der Waals surface area contributed by atoms with Gasteiger partial charge in [0.05, 0.1) is 0 Å². The summed E-state index contributed by atoms with van der Waals surface area (Å²) in [5.74, 6) is 1.03. The molecule has 0 aliphatic heterocycles. The predicted molar refractivity (Wildman–Crippen MR) is 70.5 cm³/mol. The molecule has 0 aliphatic carbocycles. The predicted octanol–water partition coefficient (Wildman–Crippen LogP) is 4.05. The van der Waals surface area contributed by atoms with Crippen LogP contribution in [0.4, 0.5) is 0 Å². The molecule has 0 spiro atoms. The summed E-state index contributed by atoms with van der Waals surface area (Å²) in [5.41, 5.74) is 1.98. The molecule has 1 aromatic rings. The van der Waals surface area contributed by atoms with Gasteiger partial charge in [0.1, 0.15) is 11.3 Å².